The van der Waals surface area contributed by atoms with Crippen LogP contribution in [0.3, 0.4) is 0 Å². The molecule has 4 heteroatoms. The zero-order valence-electron chi connectivity index (χ0n) is 9.74. The Morgan fingerprint density at radius 1 is 1.47 bits per heavy atom. The Morgan fingerprint density at radius 3 is 2.87 bits per heavy atom. The van der Waals surface area contributed by atoms with Crippen molar-refractivity contribution in [2.75, 3.05) is 13.1 Å². The molecule has 0 spiro atoms. The van der Waals surface area contributed by atoms with E-state index in [4.69, 9.17) is 5.73 Å². The van der Waals surface area contributed by atoms with Crippen LogP contribution in [0, 0.1) is 0 Å². The lowest BCUT2D eigenvalue weighted by Crippen LogP contribution is -2.15. The first kappa shape index (κ1) is 12.2. The van der Waals surface area contributed by atoms with Crippen LogP contribution in [0.5, 0.6) is 0 Å². The smallest absolute Gasteiger partial charge is 0.0534 e. The fourth-order valence-electron chi connectivity index (χ4n) is 1.38. The maximum Gasteiger partial charge on any atom is 0.0534 e. The fraction of sp³-hybridized carbons (Fsp3) is 0.727. The van der Waals surface area contributed by atoms with Gasteiger partial charge in [0.05, 0.1) is 6.20 Å². The van der Waals surface area contributed by atoms with Gasteiger partial charge in [0, 0.05) is 24.3 Å². The molecule has 0 amide bonds. The highest BCUT2D eigenvalue weighted by Crippen LogP contribution is 2.04. The van der Waals surface area contributed by atoms with Crippen LogP contribution in [-0.4, -0.2) is 22.9 Å². The third-order valence-corrected chi connectivity index (χ3v) is 2.32. The molecule has 1 rings (SSSR count). The van der Waals surface area contributed by atoms with Crippen LogP contribution in [0.4, 0.5) is 0 Å². The summed E-state index contributed by atoms with van der Waals surface area (Å²) in [5, 5.41) is 7.67. The molecule has 0 radical (unpaired) electrons. The van der Waals surface area contributed by atoms with E-state index in [1.165, 1.54) is 5.56 Å². The van der Waals surface area contributed by atoms with Crippen molar-refractivity contribution >= 4 is 0 Å². The van der Waals surface area contributed by atoms with Gasteiger partial charge in [0.25, 0.3) is 0 Å². The van der Waals surface area contributed by atoms with E-state index < -0.39 is 0 Å². The van der Waals surface area contributed by atoms with Gasteiger partial charge in [-0.3, -0.25) is 4.68 Å². The second-order valence-electron chi connectivity index (χ2n) is 4.09. The molecule has 0 saturated carbocycles. The van der Waals surface area contributed by atoms with Crippen LogP contribution in [0.2, 0.25) is 0 Å². The maximum absolute atomic E-state index is 5.42. The van der Waals surface area contributed by atoms with Gasteiger partial charge in [-0.25, -0.2) is 0 Å². The minimum Gasteiger partial charge on any atom is -0.330 e. The largest absolute Gasteiger partial charge is 0.330 e. The van der Waals surface area contributed by atoms with E-state index in [-0.39, 0.29) is 0 Å². The average Bonchev–Trinajstić information content (AvgIpc) is 2.66. The molecule has 0 aliphatic carbocycles. The molecule has 0 aliphatic heterocycles. The fourth-order valence-corrected chi connectivity index (χ4v) is 1.38. The molecular weight excluding hydrogens is 188 g/mol. The van der Waals surface area contributed by atoms with E-state index in [1.807, 2.05) is 10.9 Å². The molecule has 1 aromatic heterocycles. The number of nitrogens with zero attached hydrogens (tertiary/aromatic N) is 2. The van der Waals surface area contributed by atoms with Crippen molar-refractivity contribution in [1.82, 2.24) is 15.1 Å². The normalized spacial score (nSPS) is 11.2. The molecule has 0 fully saturated rings. The molecule has 0 aliphatic rings. The standard InChI is InChI=1S/C11H22N4/c1-10(2)15-9-11(8-14-15)7-13-6-4-3-5-12/h8-10,13H,3-7,12H2,1-2H3. The Labute approximate surface area is 91.8 Å². The van der Waals surface area contributed by atoms with Gasteiger partial charge in [0.1, 0.15) is 0 Å². The summed E-state index contributed by atoms with van der Waals surface area (Å²) < 4.78 is 1.98. The number of unbranched alkanes of at least 4 members (excludes halogenated alkanes) is 1. The summed E-state index contributed by atoms with van der Waals surface area (Å²) in [5.41, 5.74) is 6.66. The van der Waals surface area contributed by atoms with E-state index in [1.54, 1.807) is 0 Å². The Kier molecular flexibility index (Phi) is 5.36. The van der Waals surface area contributed by atoms with Gasteiger partial charge in [-0.1, -0.05) is 0 Å². The number of nitrogens with two attached hydrogens (primary N) is 1. The SMILES string of the molecule is CC(C)n1cc(CNCCCCN)cn1. The van der Waals surface area contributed by atoms with Crippen LogP contribution in [0.15, 0.2) is 12.4 Å². The molecular formula is C11H22N4. The highest BCUT2D eigenvalue weighted by atomic mass is 15.3. The summed E-state index contributed by atoms with van der Waals surface area (Å²) in [5.74, 6) is 0. The van der Waals surface area contributed by atoms with E-state index in [0.29, 0.717) is 6.04 Å². The van der Waals surface area contributed by atoms with Crippen LogP contribution < -0.4 is 11.1 Å². The summed E-state index contributed by atoms with van der Waals surface area (Å²) in [7, 11) is 0. The van der Waals surface area contributed by atoms with Crippen LogP contribution in [0.25, 0.3) is 0 Å². The van der Waals surface area contributed by atoms with Crippen LogP contribution >= 0.6 is 0 Å². The molecule has 0 saturated heterocycles. The summed E-state index contributed by atoms with van der Waals surface area (Å²) in [6.45, 7) is 6.98. The van der Waals surface area contributed by atoms with Crippen molar-refractivity contribution in [3.8, 4) is 0 Å². The first-order chi connectivity index (χ1) is 7.24. The molecule has 15 heavy (non-hydrogen) atoms. The second kappa shape index (κ2) is 6.58. The molecule has 0 bridgehead atoms. The minimum absolute atomic E-state index is 0.441. The van der Waals surface area contributed by atoms with Crippen molar-refractivity contribution < 1.29 is 0 Å². The van der Waals surface area contributed by atoms with Gasteiger partial charge < -0.3 is 11.1 Å². The number of hydrogen-bond acceptors (Lipinski definition) is 3. The van der Waals surface area contributed by atoms with Crippen LogP contribution in [0.1, 0.15) is 38.3 Å². The van der Waals surface area contributed by atoms with Crippen molar-refractivity contribution in [2.24, 2.45) is 5.73 Å². The first-order valence-electron chi connectivity index (χ1n) is 5.68. The molecule has 0 aromatic carbocycles. The average molecular weight is 210 g/mol. The highest BCUT2D eigenvalue weighted by Gasteiger charge is 2.00. The van der Waals surface area contributed by atoms with Crippen molar-refractivity contribution in [1.29, 1.82) is 0 Å². The van der Waals surface area contributed by atoms with Gasteiger partial charge in [-0.05, 0) is 39.8 Å². The lowest BCUT2D eigenvalue weighted by molar-refractivity contribution is 0.531. The third-order valence-electron chi connectivity index (χ3n) is 2.32. The van der Waals surface area contributed by atoms with Gasteiger partial charge in [-0.2, -0.15) is 5.10 Å². The number of nitrogens with one attached hydrogen (secondary N) is 1. The monoisotopic (exact) mass is 210 g/mol. The lowest BCUT2D eigenvalue weighted by Gasteiger charge is -2.04. The summed E-state index contributed by atoms with van der Waals surface area (Å²) >= 11 is 0. The molecule has 1 heterocycles. The molecule has 3 N–H and O–H groups in total. The van der Waals surface area contributed by atoms with Gasteiger partial charge in [-0.15, -0.1) is 0 Å². The highest BCUT2D eigenvalue weighted by molar-refractivity contribution is 5.03. The van der Waals surface area contributed by atoms with E-state index in [2.05, 4.69) is 30.5 Å². The van der Waals surface area contributed by atoms with Crippen molar-refractivity contribution in [2.45, 2.75) is 39.3 Å². The Bertz CT molecular complexity index is 267. The summed E-state index contributed by atoms with van der Waals surface area (Å²) in [6, 6.07) is 0.441. The first-order valence-corrected chi connectivity index (χ1v) is 5.68. The number of rotatable bonds is 7. The summed E-state index contributed by atoms with van der Waals surface area (Å²) in [6.07, 6.45) is 6.27. The van der Waals surface area contributed by atoms with Gasteiger partial charge >= 0.3 is 0 Å². The number of hydrogen-bond donors (Lipinski definition) is 2. The zero-order valence-corrected chi connectivity index (χ0v) is 9.74. The lowest BCUT2D eigenvalue weighted by atomic mass is 10.3. The predicted molar refractivity (Wildman–Crippen MR) is 62.6 cm³/mol. The van der Waals surface area contributed by atoms with Crippen molar-refractivity contribution in [3.05, 3.63) is 18.0 Å². The minimum atomic E-state index is 0.441. The maximum atomic E-state index is 5.42. The van der Waals surface area contributed by atoms with E-state index in [0.717, 1.165) is 32.5 Å². The molecule has 0 atom stereocenters. The molecule has 4 nitrogen and oxygen atoms in total. The molecule has 0 unspecified atom stereocenters. The predicted octanol–water partition coefficient (Wildman–Crippen LogP) is 1.29. The number of aromatic nitrogens is 2. The molecule has 86 valence electrons. The van der Waals surface area contributed by atoms with Gasteiger partial charge in [0.2, 0.25) is 0 Å². The van der Waals surface area contributed by atoms with Crippen LogP contribution in [-0.2, 0) is 6.54 Å². The van der Waals surface area contributed by atoms with E-state index in [9.17, 15) is 0 Å². The Balaban J connectivity index is 2.20. The quantitative estimate of drug-likeness (QED) is 0.667. The second-order valence-corrected chi connectivity index (χ2v) is 4.09. The Morgan fingerprint density at radius 2 is 2.27 bits per heavy atom. The van der Waals surface area contributed by atoms with E-state index >= 15 is 0 Å². The third kappa shape index (κ3) is 4.44. The topological polar surface area (TPSA) is 55.9 Å². The Hall–Kier alpha value is -0.870. The van der Waals surface area contributed by atoms with Crippen molar-refractivity contribution in [3.63, 3.8) is 0 Å². The molecule has 1 aromatic rings. The van der Waals surface area contributed by atoms with Gasteiger partial charge in [0.15, 0.2) is 0 Å². The zero-order chi connectivity index (χ0) is 11.1. The summed E-state index contributed by atoms with van der Waals surface area (Å²) in [4.78, 5) is 0.